The molecule has 0 atom stereocenters. The Hall–Kier alpha value is -2.76. The van der Waals surface area contributed by atoms with Crippen LogP contribution >= 0.6 is 0 Å². The van der Waals surface area contributed by atoms with E-state index in [0.29, 0.717) is 19.6 Å². The molecule has 0 radical (unpaired) electrons. The van der Waals surface area contributed by atoms with E-state index >= 15 is 0 Å². The molecule has 0 unspecified atom stereocenters. The van der Waals surface area contributed by atoms with Gasteiger partial charge in [-0.1, -0.05) is 0 Å². The summed E-state index contributed by atoms with van der Waals surface area (Å²) in [5.41, 5.74) is 1.13. The highest BCUT2D eigenvalue weighted by atomic mass is 16.5. The maximum atomic E-state index is 11.5. The first-order valence-electron chi connectivity index (χ1n) is 7.10. The number of H-pyrrole nitrogens is 1. The fourth-order valence-electron chi connectivity index (χ4n) is 2.51. The number of anilines is 1. The summed E-state index contributed by atoms with van der Waals surface area (Å²) in [4.78, 5) is 26.0. The number of benzene rings is 1. The number of phenols is 1. The van der Waals surface area contributed by atoms with Crippen molar-refractivity contribution in [1.82, 2.24) is 4.98 Å². The number of fused-ring (bicyclic) bond motifs is 1. The zero-order valence-electron chi connectivity index (χ0n) is 12.1. The third-order valence-electron chi connectivity index (χ3n) is 3.60. The van der Waals surface area contributed by atoms with Gasteiger partial charge in [0.1, 0.15) is 11.4 Å². The molecular weight excluding hydrogens is 284 g/mol. The van der Waals surface area contributed by atoms with Gasteiger partial charge in [-0.2, -0.15) is 0 Å². The molecule has 0 spiro atoms. The predicted molar refractivity (Wildman–Crippen MR) is 84.7 cm³/mol. The Morgan fingerprint density at radius 3 is 2.86 bits per heavy atom. The third-order valence-corrected chi connectivity index (χ3v) is 3.60. The molecule has 6 heteroatoms. The lowest BCUT2D eigenvalue weighted by Crippen LogP contribution is -2.36. The van der Waals surface area contributed by atoms with Crippen molar-refractivity contribution in [3.8, 4) is 11.5 Å². The summed E-state index contributed by atoms with van der Waals surface area (Å²) in [6, 6.07) is 5.13. The molecule has 3 rings (SSSR count). The normalized spacial score (nSPS) is 11.1. The Bertz CT molecular complexity index is 887. The summed E-state index contributed by atoms with van der Waals surface area (Å²) < 4.78 is 5.15. The van der Waals surface area contributed by atoms with Gasteiger partial charge in [-0.05, 0) is 37.1 Å². The van der Waals surface area contributed by atoms with Crippen LogP contribution in [-0.4, -0.2) is 23.2 Å². The fraction of sp³-hybridized carbons (Fsp3) is 0.250. The van der Waals surface area contributed by atoms with E-state index in [1.54, 1.807) is 19.1 Å². The predicted octanol–water partition coefficient (Wildman–Crippen LogP) is 1.52. The maximum Gasteiger partial charge on any atom is 0.272 e. The molecule has 22 heavy (non-hydrogen) atoms. The number of hydrogen-bond donors (Lipinski definition) is 3. The lowest BCUT2D eigenvalue weighted by atomic mass is 10.1. The second kappa shape index (κ2) is 5.55. The molecule has 3 N–H and O–H groups in total. The van der Waals surface area contributed by atoms with Crippen LogP contribution < -0.4 is 20.9 Å². The molecule has 1 aromatic heterocycles. The van der Waals surface area contributed by atoms with Crippen molar-refractivity contribution < 1.29 is 9.84 Å². The Labute approximate surface area is 126 Å². The molecule has 0 bridgehead atoms. The first-order chi connectivity index (χ1) is 10.6. The first-order valence-corrected chi connectivity index (χ1v) is 7.10. The molecular formula is C16H16N2O4. The first kappa shape index (κ1) is 14.2. The lowest BCUT2D eigenvalue weighted by Gasteiger charge is -2.12. The minimum Gasteiger partial charge on any atom is -0.508 e. The molecule has 3 aromatic rings. The smallest absolute Gasteiger partial charge is 0.272 e. The average Bonchev–Trinajstić information content (AvgIpc) is 2.92. The number of hydrogen-bond acceptors (Lipinski definition) is 5. The molecule has 0 aliphatic heterocycles. The number of ether oxygens (including phenoxy) is 1. The molecule has 0 aliphatic rings. The van der Waals surface area contributed by atoms with Gasteiger partial charge in [0.15, 0.2) is 5.75 Å². The third kappa shape index (κ3) is 2.32. The van der Waals surface area contributed by atoms with Crippen LogP contribution in [0.2, 0.25) is 0 Å². The number of phenolic OH excluding ortho intramolecular Hbond substituents is 1. The molecule has 0 saturated carbocycles. The van der Waals surface area contributed by atoms with E-state index in [1.807, 2.05) is 12.3 Å². The summed E-state index contributed by atoms with van der Waals surface area (Å²) in [5.74, 6) is 0.339. The highest BCUT2D eigenvalue weighted by molar-refractivity contribution is 5.84. The van der Waals surface area contributed by atoms with Gasteiger partial charge in [-0.25, -0.2) is 0 Å². The number of aromatic nitrogens is 1. The zero-order valence-corrected chi connectivity index (χ0v) is 12.1. The number of aromatic hydroxyl groups is 1. The molecule has 114 valence electrons. The van der Waals surface area contributed by atoms with Gasteiger partial charge in [0.25, 0.3) is 10.9 Å². The van der Waals surface area contributed by atoms with Crippen molar-refractivity contribution in [2.45, 2.75) is 13.3 Å². The van der Waals surface area contributed by atoms with Crippen LogP contribution in [0.25, 0.3) is 10.9 Å². The van der Waals surface area contributed by atoms with E-state index in [4.69, 9.17) is 4.74 Å². The summed E-state index contributed by atoms with van der Waals surface area (Å²) in [7, 11) is 0. The van der Waals surface area contributed by atoms with Gasteiger partial charge < -0.3 is 20.1 Å². The molecule has 0 aliphatic carbocycles. The monoisotopic (exact) mass is 300 g/mol. The Morgan fingerprint density at radius 1 is 1.27 bits per heavy atom. The second-order valence-corrected chi connectivity index (χ2v) is 5.02. The van der Waals surface area contributed by atoms with Crippen molar-refractivity contribution >= 4 is 16.6 Å². The van der Waals surface area contributed by atoms with Crippen LogP contribution in [0.1, 0.15) is 12.5 Å². The molecule has 6 nitrogen and oxygen atoms in total. The van der Waals surface area contributed by atoms with Crippen molar-refractivity contribution in [1.29, 1.82) is 0 Å². The standard InChI is InChI=1S/C16H16N2O4/c1-2-22-16-13(14(20)15(16)21)17-6-5-9-8-18-12-4-3-10(19)7-11(9)12/h3-4,7-8,17-19H,2,5-6H2,1H3. The van der Waals surface area contributed by atoms with E-state index in [1.165, 1.54) is 0 Å². The summed E-state index contributed by atoms with van der Waals surface area (Å²) >= 11 is 0. The second-order valence-electron chi connectivity index (χ2n) is 5.02. The molecule has 1 heterocycles. The van der Waals surface area contributed by atoms with E-state index < -0.39 is 10.9 Å². The van der Waals surface area contributed by atoms with Crippen LogP contribution in [0.3, 0.4) is 0 Å². The van der Waals surface area contributed by atoms with E-state index in [2.05, 4.69) is 10.3 Å². The number of rotatable bonds is 6. The van der Waals surface area contributed by atoms with Gasteiger partial charge in [0, 0.05) is 23.6 Å². The van der Waals surface area contributed by atoms with Crippen molar-refractivity contribution in [3.63, 3.8) is 0 Å². The molecule has 0 saturated heterocycles. The van der Waals surface area contributed by atoms with Crippen LogP contribution in [0.4, 0.5) is 5.69 Å². The number of nitrogens with one attached hydrogen (secondary N) is 2. The quantitative estimate of drug-likeness (QED) is 0.600. The van der Waals surface area contributed by atoms with E-state index in [-0.39, 0.29) is 17.2 Å². The summed E-state index contributed by atoms with van der Waals surface area (Å²) in [5, 5.41) is 13.5. The highest BCUT2D eigenvalue weighted by Gasteiger charge is 2.21. The minimum absolute atomic E-state index is 0.129. The van der Waals surface area contributed by atoms with Crippen molar-refractivity contribution in [2.24, 2.45) is 0 Å². The Balaban J connectivity index is 1.71. The van der Waals surface area contributed by atoms with Crippen LogP contribution in [-0.2, 0) is 6.42 Å². The van der Waals surface area contributed by atoms with Crippen molar-refractivity contribution in [2.75, 3.05) is 18.5 Å². The zero-order chi connectivity index (χ0) is 15.7. The topological polar surface area (TPSA) is 91.4 Å². The van der Waals surface area contributed by atoms with Gasteiger partial charge in [0.05, 0.1) is 6.61 Å². The lowest BCUT2D eigenvalue weighted by molar-refractivity contribution is 0.335. The van der Waals surface area contributed by atoms with Crippen LogP contribution in [0, 0.1) is 0 Å². The van der Waals surface area contributed by atoms with Gasteiger partial charge in [0.2, 0.25) is 0 Å². The maximum absolute atomic E-state index is 11.5. The fourth-order valence-corrected chi connectivity index (χ4v) is 2.51. The molecule has 0 fully saturated rings. The SMILES string of the molecule is CCOc1c(NCCc2c[nH]c3ccc(O)cc23)c(=O)c1=O. The van der Waals surface area contributed by atoms with Gasteiger partial charge in [-0.3, -0.25) is 9.59 Å². The molecule has 0 amide bonds. The summed E-state index contributed by atoms with van der Waals surface area (Å²) in [6.07, 6.45) is 2.52. The highest BCUT2D eigenvalue weighted by Crippen LogP contribution is 2.23. The van der Waals surface area contributed by atoms with E-state index in [9.17, 15) is 14.7 Å². The Morgan fingerprint density at radius 2 is 2.09 bits per heavy atom. The largest absolute Gasteiger partial charge is 0.508 e. The van der Waals surface area contributed by atoms with E-state index in [0.717, 1.165) is 16.5 Å². The van der Waals surface area contributed by atoms with Gasteiger partial charge in [-0.15, -0.1) is 0 Å². The molecule has 2 aromatic carbocycles. The van der Waals surface area contributed by atoms with Gasteiger partial charge >= 0.3 is 0 Å². The summed E-state index contributed by atoms with van der Waals surface area (Å²) in [6.45, 7) is 2.61. The minimum atomic E-state index is -0.568. The van der Waals surface area contributed by atoms with Crippen LogP contribution in [0.15, 0.2) is 34.0 Å². The number of aromatic amines is 1. The average molecular weight is 300 g/mol. The van der Waals surface area contributed by atoms with Crippen molar-refractivity contribution in [3.05, 3.63) is 50.4 Å². The Kier molecular flexibility index (Phi) is 3.58. The van der Waals surface area contributed by atoms with Crippen LogP contribution in [0.5, 0.6) is 11.5 Å².